The fraction of sp³-hybridized carbons (Fsp3) is 0.308. The SMILES string of the molecule is COc1ccncc1-c1cc(C(=O)c2nc3ccc(N4CCC(N(C)C)CC4)cc3[nH]2)ccn1. The highest BCUT2D eigenvalue weighted by Crippen LogP contribution is 2.29. The third-order valence-corrected chi connectivity index (χ3v) is 6.54. The van der Waals surface area contributed by atoms with E-state index >= 15 is 0 Å². The second-order valence-corrected chi connectivity index (χ2v) is 8.80. The number of piperidine rings is 1. The number of ketones is 1. The summed E-state index contributed by atoms with van der Waals surface area (Å²) in [4.78, 5) is 34.3. The molecule has 8 heteroatoms. The second-order valence-electron chi connectivity index (χ2n) is 8.80. The van der Waals surface area contributed by atoms with Gasteiger partial charge in [0.15, 0.2) is 5.82 Å². The Labute approximate surface area is 198 Å². The minimum atomic E-state index is -0.184. The zero-order chi connectivity index (χ0) is 23.7. The summed E-state index contributed by atoms with van der Waals surface area (Å²) in [7, 11) is 5.89. The van der Waals surface area contributed by atoms with Gasteiger partial charge in [0.2, 0.25) is 5.78 Å². The maximum absolute atomic E-state index is 13.3. The molecule has 0 spiro atoms. The van der Waals surface area contributed by atoms with Crippen molar-refractivity contribution in [2.45, 2.75) is 18.9 Å². The normalized spacial score (nSPS) is 14.6. The Bertz CT molecular complexity index is 1320. The molecule has 34 heavy (non-hydrogen) atoms. The number of anilines is 1. The van der Waals surface area contributed by atoms with Gasteiger partial charge in [-0.1, -0.05) is 0 Å². The molecule has 1 fully saturated rings. The van der Waals surface area contributed by atoms with Gasteiger partial charge >= 0.3 is 0 Å². The van der Waals surface area contributed by atoms with Gasteiger partial charge in [-0.05, 0) is 63.3 Å². The Kier molecular flexibility index (Phi) is 5.98. The minimum absolute atomic E-state index is 0.184. The summed E-state index contributed by atoms with van der Waals surface area (Å²) in [5, 5.41) is 0. The van der Waals surface area contributed by atoms with E-state index in [1.54, 1.807) is 43.9 Å². The molecule has 0 radical (unpaired) electrons. The second kappa shape index (κ2) is 9.23. The Morgan fingerprint density at radius 1 is 1.12 bits per heavy atom. The number of benzene rings is 1. The summed E-state index contributed by atoms with van der Waals surface area (Å²) >= 11 is 0. The van der Waals surface area contributed by atoms with Crippen LogP contribution in [0.5, 0.6) is 5.75 Å². The van der Waals surface area contributed by atoms with Crippen LogP contribution in [0.15, 0.2) is 55.0 Å². The zero-order valence-electron chi connectivity index (χ0n) is 19.7. The summed E-state index contributed by atoms with van der Waals surface area (Å²) in [5.41, 5.74) is 4.64. The van der Waals surface area contributed by atoms with Crippen LogP contribution in [-0.4, -0.2) is 71.0 Å². The molecule has 1 aromatic carbocycles. The van der Waals surface area contributed by atoms with Gasteiger partial charge in [0.1, 0.15) is 5.75 Å². The van der Waals surface area contributed by atoms with E-state index < -0.39 is 0 Å². The van der Waals surface area contributed by atoms with Crippen molar-refractivity contribution >= 4 is 22.5 Å². The number of hydrogen-bond acceptors (Lipinski definition) is 7. The van der Waals surface area contributed by atoms with Crippen LogP contribution in [0.25, 0.3) is 22.3 Å². The number of fused-ring (bicyclic) bond motifs is 1. The number of carbonyl (C=O) groups is 1. The molecule has 0 atom stereocenters. The first kappa shape index (κ1) is 22.0. The third kappa shape index (κ3) is 4.24. The average Bonchev–Trinajstić information content (AvgIpc) is 3.32. The minimum Gasteiger partial charge on any atom is -0.496 e. The monoisotopic (exact) mass is 456 g/mol. The van der Waals surface area contributed by atoms with E-state index in [2.05, 4.69) is 56.0 Å². The van der Waals surface area contributed by atoms with Crippen LogP contribution >= 0.6 is 0 Å². The standard InChI is InChI=1S/C26H28N6O2/c1-31(2)18-8-12-32(13-9-18)19-4-5-21-23(15-19)30-26(29-21)25(33)17-6-11-28-22(14-17)20-16-27-10-7-24(20)34-3/h4-7,10-11,14-16,18H,8-9,12-13H2,1-3H3,(H,29,30). The summed E-state index contributed by atoms with van der Waals surface area (Å²) in [5.74, 6) is 0.780. The van der Waals surface area contributed by atoms with Crippen molar-refractivity contribution in [3.05, 3.63) is 66.4 Å². The topological polar surface area (TPSA) is 87.2 Å². The van der Waals surface area contributed by atoms with E-state index in [0.29, 0.717) is 28.9 Å². The number of rotatable bonds is 6. The highest BCUT2D eigenvalue weighted by atomic mass is 16.5. The quantitative estimate of drug-likeness (QED) is 0.442. The first-order valence-electron chi connectivity index (χ1n) is 11.4. The lowest BCUT2D eigenvalue weighted by molar-refractivity contribution is 0.103. The number of hydrogen-bond donors (Lipinski definition) is 1. The number of nitrogens with one attached hydrogen (secondary N) is 1. The van der Waals surface area contributed by atoms with Crippen LogP contribution in [-0.2, 0) is 0 Å². The lowest BCUT2D eigenvalue weighted by Gasteiger charge is -2.36. The first-order valence-corrected chi connectivity index (χ1v) is 11.4. The molecule has 0 saturated carbocycles. The molecule has 4 heterocycles. The molecule has 0 unspecified atom stereocenters. The van der Waals surface area contributed by atoms with Crippen molar-refractivity contribution in [3.63, 3.8) is 0 Å². The molecule has 174 valence electrons. The highest BCUT2D eigenvalue weighted by Gasteiger charge is 2.22. The van der Waals surface area contributed by atoms with Gasteiger partial charge in [0.05, 0.1) is 29.4 Å². The third-order valence-electron chi connectivity index (χ3n) is 6.54. The number of carbonyl (C=O) groups excluding carboxylic acids is 1. The number of methoxy groups -OCH3 is 1. The molecular weight excluding hydrogens is 428 g/mol. The fourth-order valence-corrected chi connectivity index (χ4v) is 4.55. The van der Waals surface area contributed by atoms with E-state index in [1.165, 1.54) is 0 Å². The van der Waals surface area contributed by atoms with E-state index in [9.17, 15) is 4.79 Å². The molecule has 1 N–H and O–H groups in total. The lowest BCUT2D eigenvalue weighted by atomic mass is 10.0. The molecule has 8 nitrogen and oxygen atoms in total. The van der Waals surface area contributed by atoms with Crippen molar-refractivity contribution in [2.24, 2.45) is 0 Å². The van der Waals surface area contributed by atoms with Crippen LogP contribution < -0.4 is 9.64 Å². The van der Waals surface area contributed by atoms with Crippen molar-refractivity contribution in [1.29, 1.82) is 0 Å². The maximum atomic E-state index is 13.3. The lowest BCUT2D eigenvalue weighted by Crippen LogP contribution is -2.41. The van der Waals surface area contributed by atoms with Gasteiger partial charge in [0.25, 0.3) is 0 Å². The van der Waals surface area contributed by atoms with Crippen LogP contribution in [0.4, 0.5) is 5.69 Å². The van der Waals surface area contributed by atoms with E-state index in [0.717, 1.165) is 48.2 Å². The maximum Gasteiger partial charge on any atom is 0.228 e. The largest absolute Gasteiger partial charge is 0.496 e. The highest BCUT2D eigenvalue weighted by molar-refractivity contribution is 6.08. The Hall–Kier alpha value is -3.78. The summed E-state index contributed by atoms with van der Waals surface area (Å²) in [6.07, 6.45) is 7.24. The number of imidazole rings is 1. The molecule has 0 aliphatic carbocycles. The summed E-state index contributed by atoms with van der Waals surface area (Å²) in [6, 6.07) is 12.0. The molecule has 1 aliphatic heterocycles. The van der Waals surface area contributed by atoms with Crippen LogP contribution in [0.3, 0.4) is 0 Å². The van der Waals surface area contributed by atoms with Crippen LogP contribution in [0.1, 0.15) is 29.0 Å². The number of H-pyrrole nitrogens is 1. The number of nitrogens with zero attached hydrogens (tertiary/aromatic N) is 5. The van der Waals surface area contributed by atoms with Gasteiger partial charge in [-0.25, -0.2) is 4.98 Å². The number of ether oxygens (including phenoxy) is 1. The number of pyridine rings is 2. The predicted octanol–water partition coefficient (Wildman–Crippen LogP) is 3.79. The Morgan fingerprint density at radius 2 is 1.94 bits per heavy atom. The number of aromatic nitrogens is 4. The van der Waals surface area contributed by atoms with Crippen LogP contribution in [0.2, 0.25) is 0 Å². The van der Waals surface area contributed by atoms with Gasteiger partial charge in [-0.15, -0.1) is 0 Å². The van der Waals surface area contributed by atoms with E-state index in [4.69, 9.17) is 4.74 Å². The molecular formula is C26H28N6O2. The smallest absolute Gasteiger partial charge is 0.228 e. The molecule has 1 aliphatic rings. The Morgan fingerprint density at radius 3 is 2.71 bits per heavy atom. The molecule has 1 saturated heterocycles. The molecule has 0 bridgehead atoms. The molecule has 0 amide bonds. The van der Waals surface area contributed by atoms with Crippen molar-refractivity contribution in [1.82, 2.24) is 24.8 Å². The molecule has 4 aromatic rings. The van der Waals surface area contributed by atoms with Crippen LogP contribution in [0, 0.1) is 0 Å². The van der Waals surface area contributed by atoms with Crippen molar-refractivity contribution in [3.8, 4) is 17.0 Å². The predicted molar refractivity (Wildman–Crippen MR) is 132 cm³/mol. The first-order chi connectivity index (χ1) is 16.5. The summed E-state index contributed by atoms with van der Waals surface area (Å²) in [6.45, 7) is 2.04. The average molecular weight is 457 g/mol. The molecule has 5 rings (SSSR count). The van der Waals surface area contributed by atoms with Gasteiger partial charge in [-0.3, -0.25) is 14.8 Å². The van der Waals surface area contributed by atoms with E-state index in [-0.39, 0.29) is 5.78 Å². The van der Waals surface area contributed by atoms with Crippen molar-refractivity contribution in [2.75, 3.05) is 39.2 Å². The van der Waals surface area contributed by atoms with Gasteiger partial charge in [-0.2, -0.15) is 0 Å². The van der Waals surface area contributed by atoms with Crippen molar-refractivity contribution < 1.29 is 9.53 Å². The Balaban J connectivity index is 1.39. The number of aromatic amines is 1. The van der Waals surface area contributed by atoms with Gasteiger partial charge < -0.3 is 19.5 Å². The fourth-order valence-electron chi connectivity index (χ4n) is 4.55. The zero-order valence-corrected chi connectivity index (χ0v) is 19.7. The van der Waals surface area contributed by atoms with Gasteiger partial charge in [0, 0.05) is 49.0 Å². The van der Waals surface area contributed by atoms with E-state index in [1.807, 2.05) is 6.07 Å². The molecule has 3 aromatic heterocycles. The summed E-state index contributed by atoms with van der Waals surface area (Å²) < 4.78 is 5.41.